The highest BCUT2D eigenvalue weighted by Gasteiger charge is 2.72. The average Bonchev–Trinajstić information content (AvgIpc) is 2.82. The highest BCUT2D eigenvalue weighted by atomic mass is 79.9. The molecular weight excluding hydrogens is 642 g/mol. The Morgan fingerprint density at radius 3 is 1.25 bits per heavy atom. The Morgan fingerprint density at radius 2 is 1.05 bits per heavy atom. The minimum atomic E-state index is -5.85. The van der Waals surface area contributed by atoms with Crippen molar-refractivity contribution in [1.29, 1.82) is 0 Å². The molecule has 3 amide bonds. The number of nitrogens with two attached hydrogens (primary N) is 1. The molecule has 0 aliphatic heterocycles. The lowest BCUT2D eigenvalue weighted by atomic mass is 9.72. The first-order valence-corrected chi connectivity index (χ1v) is 11.7. The van der Waals surface area contributed by atoms with Crippen molar-refractivity contribution in [3.63, 3.8) is 0 Å². The minimum Gasteiger partial charge on any atom is -0.478 e. The average molecular weight is 666 g/mol. The number of aromatic carboxylic acids is 2. The molecule has 2 rings (SSSR count). The van der Waals surface area contributed by atoms with Gasteiger partial charge in [-0.05, 0) is 48.2 Å². The quantitative estimate of drug-likeness (QED) is 0.209. The normalized spacial score (nSPS) is 11.8. The lowest BCUT2D eigenvalue weighted by molar-refractivity contribution is -0.288. The summed E-state index contributed by atoms with van der Waals surface area (Å²) in [6.07, 6.45) is -10.5. The molecule has 0 bridgehead atoms. The second-order valence-corrected chi connectivity index (χ2v) is 9.52. The summed E-state index contributed by atoms with van der Waals surface area (Å²) < 4.78 is 82.2. The van der Waals surface area contributed by atoms with Crippen LogP contribution in [0.2, 0.25) is 0 Å². The first-order valence-electron chi connectivity index (χ1n) is 10.9. The second kappa shape index (κ2) is 13.8. The highest BCUT2D eigenvalue weighted by molar-refractivity contribution is 9.10. The van der Waals surface area contributed by atoms with Gasteiger partial charge in [-0.3, -0.25) is 10.1 Å². The summed E-state index contributed by atoms with van der Waals surface area (Å²) in [4.78, 5) is 43.3. The lowest BCUT2D eigenvalue weighted by Crippen LogP contribution is -2.54. The summed E-state index contributed by atoms with van der Waals surface area (Å²) in [5.41, 5.74) is -3.11. The van der Waals surface area contributed by atoms with Gasteiger partial charge in [0.25, 0.3) is 0 Å². The Hall–Kier alpha value is -3.33. The monoisotopic (exact) mass is 664 g/mol. The van der Waals surface area contributed by atoms with Crippen molar-refractivity contribution in [2.75, 3.05) is 0 Å². The highest BCUT2D eigenvalue weighted by Crippen LogP contribution is 2.56. The molecule has 40 heavy (non-hydrogen) atoms. The van der Waals surface area contributed by atoms with Gasteiger partial charge in [0, 0.05) is 0 Å². The molecule has 0 saturated carbocycles. The van der Waals surface area contributed by atoms with Crippen LogP contribution in [0, 0.1) is 0 Å². The minimum absolute atomic E-state index is 0. The van der Waals surface area contributed by atoms with Crippen LogP contribution in [0.5, 0.6) is 0 Å². The van der Waals surface area contributed by atoms with E-state index in [-0.39, 0.29) is 18.3 Å². The molecule has 0 spiro atoms. The fraction of sp³-hybridized carbons (Fsp3) is 0.333. The molecular formula is C24H24BrClF6N2O6. The van der Waals surface area contributed by atoms with Crippen LogP contribution in [0.1, 0.15) is 58.5 Å². The van der Waals surface area contributed by atoms with E-state index in [0.29, 0.717) is 61.4 Å². The van der Waals surface area contributed by atoms with Crippen LogP contribution in [0.3, 0.4) is 0 Å². The smallest absolute Gasteiger partial charge is 0.411 e. The van der Waals surface area contributed by atoms with E-state index in [4.69, 9.17) is 15.9 Å². The Bertz CT molecular complexity index is 1130. The van der Waals surface area contributed by atoms with E-state index in [0.717, 1.165) is 0 Å². The van der Waals surface area contributed by atoms with Crippen LogP contribution in [0.15, 0.2) is 48.5 Å². The number of hydrogen-bond donors (Lipinski definition) is 4. The van der Waals surface area contributed by atoms with Crippen molar-refractivity contribution in [3.05, 3.63) is 70.8 Å². The van der Waals surface area contributed by atoms with Gasteiger partial charge in [-0.15, -0.1) is 12.4 Å². The zero-order valence-electron chi connectivity index (χ0n) is 20.7. The number of carboxylic acids is 2. The third-order valence-electron chi connectivity index (χ3n) is 5.74. The number of primary amides is 1. The molecule has 5 N–H and O–H groups in total. The van der Waals surface area contributed by atoms with Crippen molar-refractivity contribution < 1.29 is 55.7 Å². The SMILES string of the molecule is CCC(Br)(CC)C(=O)NC(N)=O.Cl.O=C(O)c1ccc(C(c2ccc(C(=O)O)cc2)(C(F)(F)F)C(F)(F)F)cc1. The van der Waals surface area contributed by atoms with Crippen LogP contribution in [-0.4, -0.2) is 50.8 Å². The maximum absolute atomic E-state index is 13.8. The molecule has 0 atom stereocenters. The number of benzene rings is 2. The molecule has 222 valence electrons. The summed E-state index contributed by atoms with van der Waals surface area (Å²) in [5.74, 6) is -3.41. The Morgan fingerprint density at radius 1 is 0.750 bits per heavy atom. The maximum Gasteiger partial charge on any atom is 0.411 e. The van der Waals surface area contributed by atoms with Crippen molar-refractivity contribution in [2.24, 2.45) is 5.73 Å². The van der Waals surface area contributed by atoms with Gasteiger partial charge in [-0.1, -0.05) is 54.0 Å². The number of urea groups is 1. The number of hydrogen-bond acceptors (Lipinski definition) is 4. The summed E-state index contributed by atoms with van der Waals surface area (Å²) in [6, 6.07) is 3.48. The number of carboxylic acid groups (broad SMARTS) is 2. The van der Waals surface area contributed by atoms with Crippen LogP contribution >= 0.6 is 28.3 Å². The molecule has 0 aliphatic carbocycles. The summed E-state index contributed by atoms with van der Waals surface area (Å²) in [7, 11) is 0. The summed E-state index contributed by atoms with van der Waals surface area (Å²) >= 11 is 3.26. The van der Waals surface area contributed by atoms with E-state index in [9.17, 15) is 45.5 Å². The van der Waals surface area contributed by atoms with Gasteiger partial charge in [0.2, 0.25) is 11.3 Å². The van der Waals surface area contributed by atoms with Gasteiger partial charge >= 0.3 is 30.3 Å². The topological polar surface area (TPSA) is 147 Å². The van der Waals surface area contributed by atoms with E-state index in [1.165, 1.54) is 0 Å². The molecule has 0 fully saturated rings. The van der Waals surface area contributed by atoms with Crippen molar-refractivity contribution >= 4 is 52.2 Å². The van der Waals surface area contributed by atoms with E-state index in [1.54, 1.807) is 0 Å². The van der Waals surface area contributed by atoms with Gasteiger partial charge < -0.3 is 15.9 Å². The van der Waals surface area contributed by atoms with Crippen molar-refractivity contribution in [1.82, 2.24) is 5.32 Å². The number of imide groups is 1. The van der Waals surface area contributed by atoms with E-state index < -0.39 is 62.3 Å². The maximum atomic E-state index is 13.8. The molecule has 16 heteroatoms. The van der Waals surface area contributed by atoms with Gasteiger partial charge in [0.05, 0.1) is 11.1 Å². The molecule has 0 saturated heterocycles. The van der Waals surface area contributed by atoms with Crippen LogP contribution < -0.4 is 11.1 Å². The van der Waals surface area contributed by atoms with Crippen molar-refractivity contribution in [3.8, 4) is 0 Å². The number of halogens is 8. The molecule has 0 aromatic heterocycles. The third kappa shape index (κ3) is 7.87. The first kappa shape index (κ1) is 36.7. The largest absolute Gasteiger partial charge is 0.478 e. The number of carbonyl (C=O) groups is 4. The van der Waals surface area contributed by atoms with Gasteiger partial charge in [-0.2, -0.15) is 26.3 Å². The van der Waals surface area contributed by atoms with Gasteiger partial charge in [0.1, 0.15) is 4.32 Å². The fourth-order valence-electron chi connectivity index (χ4n) is 3.50. The predicted molar refractivity (Wildman–Crippen MR) is 137 cm³/mol. The molecule has 0 aliphatic rings. The van der Waals surface area contributed by atoms with Gasteiger partial charge in [-0.25, -0.2) is 14.4 Å². The van der Waals surface area contributed by atoms with Crippen LogP contribution in [-0.2, 0) is 10.2 Å². The van der Waals surface area contributed by atoms with E-state index in [2.05, 4.69) is 15.9 Å². The second-order valence-electron chi connectivity index (χ2n) is 8.00. The number of amides is 3. The summed E-state index contributed by atoms with van der Waals surface area (Å²) in [5, 5.41) is 19.6. The van der Waals surface area contributed by atoms with Crippen LogP contribution in [0.4, 0.5) is 31.1 Å². The summed E-state index contributed by atoms with van der Waals surface area (Å²) in [6.45, 7) is 3.72. The fourth-order valence-corrected chi connectivity index (χ4v) is 3.60. The number of alkyl halides is 7. The Balaban J connectivity index is 0.000000993. The Kier molecular flexibility index (Phi) is 12.7. The third-order valence-corrected chi connectivity index (χ3v) is 7.23. The first-order chi connectivity index (χ1) is 17.8. The number of nitrogens with one attached hydrogen (secondary N) is 1. The van der Waals surface area contributed by atoms with Crippen molar-refractivity contribution in [2.45, 2.75) is 48.8 Å². The molecule has 0 unspecified atom stereocenters. The molecule has 8 nitrogen and oxygen atoms in total. The van der Waals surface area contributed by atoms with Crippen LogP contribution in [0.25, 0.3) is 0 Å². The lowest BCUT2D eigenvalue weighted by Gasteiger charge is -2.38. The molecule has 2 aromatic rings. The number of rotatable bonds is 7. The molecule has 2 aromatic carbocycles. The Labute approximate surface area is 238 Å². The zero-order valence-corrected chi connectivity index (χ0v) is 23.1. The van der Waals surface area contributed by atoms with Gasteiger partial charge in [0.15, 0.2) is 0 Å². The molecule has 0 heterocycles. The predicted octanol–water partition coefficient (Wildman–Crippen LogP) is 6.05. The zero-order chi connectivity index (χ0) is 30.4. The standard InChI is InChI=1S/C17H10F6O4.C7H13BrN2O2.ClH/c18-16(19,20)15(17(21,22)23,11-5-1-9(2-6-11)13(24)25)12-7-3-10(4-8-12)14(26)27;1-3-7(8,4-2)5(11)10-6(9)12;/h1-8H,(H,24,25)(H,26,27);3-4H2,1-2H3,(H3,9,10,11,12);1H. The van der Waals surface area contributed by atoms with E-state index in [1.807, 2.05) is 19.2 Å². The molecule has 0 radical (unpaired) electrons. The number of carbonyl (C=O) groups excluding carboxylic acids is 2. The van der Waals surface area contributed by atoms with E-state index >= 15 is 0 Å².